The minimum absolute atomic E-state index is 0.891. The van der Waals surface area contributed by atoms with Crippen molar-refractivity contribution in [2.75, 3.05) is 5.32 Å². The number of halogens is 1. The second-order valence-electron chi connectivity index (χ2n) is 4.02. The Morgan fingerprint density at radius 1 is 1.24 bits per heavy atom. The van der Waals surface area contributed by atoms with Gasteiger partial charge in [-0.05, 0) is 53.0 Å². The molecular weight excluding hydrogens is 294 g/mol. The van der Waals surface area contributed by atoms with E-state index in [-0.39, 0.29) is 0 Å². The number of anilines is 1. The zero-order chi connectivity index (χ0) is 12.3. The van der Waals surface area contributed by atoms with Crippen molar-refractivity contribution in [1.82, 2.24) is 0 Å². The molecule has 0 aliphatic rings. The molecule has 17 heavy (non-hydrogen) atoms. The van der Waals surface area contributed by atoms with E-state index in [9.17, 15) is 0 Å². The largest absolute Gasteiger partial charge is 0.380 e. The van der Waals surface area contributed by atoms with Gasteiger partial charge in [-0.25, -0.2) is 0 Å². The molecule has 0 saturated heterocycles. The zero-order valence-corrected chi connectivity index (χ0v) is 12.5. The van der Waals surface area contributed by atoms with Gasteiger partial charge in [-0.3, -0.25) is 0 Å². The van der Waals surface area contributed by atoms with Crippen LogP contribution in [0.25, 0.3) is 0 Å². The Balaban J connectivity index is 1.97. The molecular formula is C14H16BrNS. The van der Waals surface area contributed by atoms with Gasteiger partial charge in [0.1, 0.15) is 0 Å². The third-order valence-electron chi connectivity index (χ3n) is 2.74. The molecule has 0 amide bonds. The van der Waals surface area contributed by atoms with Crippen molar-refractivity contribution < 1.29 is 0 Å². The van der Waals surface area contributed by atoms with Gasteiger partial charge in [0.2, 0.25) is 0 Å². The number of hydrogen-bond donors (Lipinski definition) is 1. The van der Waals surface area contributed by atoms with E-state index in [0.29, 0.717) is 0 Å². The van der Waals surface area contributed by atoms with Crippen molar-refractivity contribution in [3.63, 3.8) is 0 Å². The summed E-state index contributed by atoms with van der Waals surface area (Å²) in [5.74, 6) is 0. The third kappa shape index (κ3) is 3.33. The maximum absolute atomic E-state index is 3.54. The van der Waals surface area contributed by atoms with E-state index in [2.05, 4.69) is 65.4 Å². The first kappa shape index (κ1) is 12.7. The van der Waals surface area contributed by atoms with Crippen LogP contribution in [0.3, 0.4) is 0 Å². The predicted octanol–water partition coefficient (Wildman–Crippen LogP) is 4.99. The standard InChI is InChI=1S/C14H16BrNS/c1-3-11-4-6-12(7-5-11)16-9-13-8-14(15)10(2)17-13/h4-8,16H,3,9H2,1-2H3. The van der Waals surface area contributed by atoms with Gasteiger partial charge in [0.05, 0.1) is 0 Å². The molecule has 0 unspecified atom stereocenters. The lowest BCUT2D eigenvalue weighted by Gasteiger charge is -2.05. The van der Waals surface area contributed by atoms with Crippen LogP contribution < -0.4 is 5.32 Å². The highest BCUT2D eigenvalue weighted by Gasteiger charge is 2.02. The van der Waals surface area contributed by atoms with E-state index in [1.807, 2.05) is 11.3 Å². The summed E-state index contributed by atoms with van der Waals surface area (Å²) in [5.41, 5.74) is 2.56. The average Bonchev–Trinajstić information content (AvgIpc) is 2.67. The molecule has 3 heteroatoms. The second kappa shape index (κ2) is 5.69. The van der Waals surface area contributed by atoms with E-state index in [1.165, 1.54) is 25.5 Å². The summed E-state index contributed by atoms with van der Waals surface area (Å²) in [6, 6.07) is 10.8. The van der Waals surface area contributed by atoms with Crippen LogP contribution in [0.4, 0.5) is 5.69 Å². The second-order valence-corrected chi connectivity index (χ2v) is 6.22. The number of aryl methyl sites for hydroxylation is 2. The molecule has 1 nitrogen and oxygen atoms in total. The molecule has 0 spiro atoms. The average molecular weight is 310 g/mol. The Kier molecular flexibility index (Phi) is 4.24. The van der Waals surface area contributed by atoms with E-state index >= 15 is 0 Å². The predicted molar refractivity (Wildman–Crippen MR) is 79.9 cm³/mol. The van der Waals surface area contributed by atoms with Crippen LogP contribution >= 0.6 is 27.3 Å². The molecule has 0 aliphatic heterocycles. The molecule has 0 aliphatic carbocycles. The van der Waals surface area contributed by atoms with Crippen LogP contribution in [0.15, 0.2) is 34.8 Å². The highest BCUT2D eigenvalue weighted by Crippen LogP contribution is 2.26. The van der Waals surface area contributed by atoms with Crippen molar-refractivity contribution in [1.29, 1.82) is 0 Å². The van der Waals surface area contributed by atoms with Gasteiger partial charge in [0, 0.05) is 26.5 Å². The quantitative estimate of drug-likeness (QED) is 0.838. The normalized spacial score (nSPS) is 10.5. The Labute approximate surface area is 115 Å². The van der Waals surface area contributed by atoms with Crippen molar-refractivity contribution in [2.45, 2.75) is 26.8 Å². The molecule has 0 saturated carbocycles. The summed E-state index contributed by atoms with van der Waals surface area (Å²) in [6.45, 7) is 5.20. The molecule has 90 valence electrons. The van der Waals surface area contributed by atoms with Gasteiger partial charge < -0.3 is 5.32 Å². The van der Waals surface area contributed by atoms with E-state index in [4.69, 9.17) is 0 Å². The van der Waals surface area contributed by atoms with E-state index in [1.54, 1.807) is 0 Å². The molecule has 0 atom stereocenters. The lowest BCUT2D eigenvalue weighted by Crippen LogP contribution is -1.97. The lowest BCUT2D eigenvalue weighted by molar-refractivity contribution is 1.13. The smallest absolute Gasteiger partial charge is 0.0494 e. The minimum Gasteiger partial charge on any atom is -0.380 e. The van der Waals surface area contributed by atoms with Crippen molar-refractivity contribution in [3.05, 3.63) is 50.1 Å². The van der Waals surface area contributed by atoms with Gasteiger partial charge in [-0.2, -0.15) is 0 Å². The summed E-state index contributed by atoms with van der Waals surface area (Å²) in [6.07, 6.45) is 1.09. The summed E-state index contributed by atoms with van der Waals surface area (Å²) < 4.78 is 1.21. The van der Waals surface area contributed by atoms with Gasteiger partial charge >= 0.3 is 0 Å². The molecule has 2 rings (SSSR count). The van der Waals surface area contributed by atoms with Crippen LogP contribution in [-0.4, -0.2) is 0 Å². The maximum atomic E-state index is 3.54. The van der Waals surface area contributed by atoms with Crippen molar-refractivity contribution in [3.8, 4) is 0 Å². The molecule has 1 aromatic carbocycles. The summed E-state index contributed by atoms with van der Waals surface area (Å²) in [4.78, 5) is 2.69. The highest BCUT2D eigenvalue weighted by molar-refractivity contribution is 9.10. The van der Waals surface area contributed by atoms with E-state index < -0.39 is 0 Å². The monoisotopic (exact) mass is 309 g/mol. The van der Waals surface area contributed by atoms with Crippen molar-refractivity contribution >= 4 is 33.0 Å². The van der Waals surface area contributed by atoms with Crippen molar-refractivity contribution in [2.24, 2.45) is 0 Å². The fourth-order valence-corrected chi connectivity index (χ4v) is 3.19. The molecule has 0 bridgehead atoms. The summed E-state index contributed by atoms with van der Waals surface area (Å²) in [5, 5.41) is 3.44. The zero-order valence-electron chi connectivity index (χ0n) is 10.1. The molecule has 1 heterocycles. The van der Waals surface area contributed by atoms with Crippen LogP contribution in [0.2, 0.25) is 0 Å². The molecule has 0 radical (unpaired) electrons. The highest BCUT2D eigenvalue weighted by atomic mass is 79.9. The van der Waals surface area contributed by atoms with Gasteiger partial charge in [0.15, 0.2) is 0 Å². The Morgan fingerprint density at radius 2 is 1.94 bits per heavy atom. The summed E-state index contributed by atoms with van der Waals surface area (Å²) in [7, 11) is 0. The first-order valence-corrected chi connectivity index (χ1v) is 7.37. The minimum atomic E-state index is 0.891. The van der Waals surface area contributed by atoms with Crippen LogP contribution in [0, 0.1) is 6.92 Å². The van der Waals surface area contributed by atoms with Crippen LogP contribution in [-0.2, 0) is 13.0 Å². The SMILES string of the molecule is CCc1ccc(NCc2cc(Br)c(C)s2)cc1. The van der Waals surface area contributed by atoms with Crippen LogP contribution in [0.1, 0.15) is 22.2 Å². The Hall–Kier alpha value is -0.800. The molecule has 0 fully saturated rings. The first-order chi connectivity index (χ1) is 8.19. The fourth-order valence-electron chi connectivity index (χ4n) is 1.65. The molecule has 1 N–H and O–H groups in total. The maximum Gasteiger partial charge on any atom is 0.0494 e. The number of thiophene rings is 1. The molecule has 1 aromatic heterocycles. The van der Waals surface area contributed by atoms with Gasteiger partial charge in [-0.1, -0.05) is 19.1 Å². The first-order valence-electron chi connectivity index (χ1n) is 5.76. The Bertz CT molecular complexity index is 468. The molecule has 2 aromatic rings. The number of rotatable bonds is 4. The van der Waals surface area contributed by atoms with Gasteiger partial charge in [0.25, 0.3) is 0 Å². The third-order valence-corrected chi connectivity index (χ3v) is 4.87. The van der Waals surface area contributed by atoms with Gasteiger partial charge in [-0.15, -0.1) is 11.3 Å². The topological polar surface area (TPSA) is 12.0 Å². The number of hydrogen-bond acceptors (Lipinski definition) is 2. The lowest BCUT2D eigenvalue weighted by atomic mass is 10.1. The Morgan fingerprint density at radius 3 is 2.47 bits per heavy atom. The summed E-state index contributed by atoms with van der Waals surface area (Å²) >= 11 is 5.38. The fraction of sp³-hybridized carbons (Fsp3) is 0.286. The number of benzene rings is 1. The van der Waals surface area contributed by atoms with Crippen LogP contribution in [0.5, 0.6) is 0 Å². The van der Waals surface area contributed by atoms with E-state index in [0.717, 1.165) is 13.0 Å². The number of nitrogens with one attached hydrogen (secondary N) is 1.